The molecule has 5 heteroatoms. The minimum Gasteiger partial charge on any atom is -0.477 e. The van der Waals surface area contributed by atoms with E-state index in [2.05, 4.69) is 11.1 Å². The fourth-order valence-electron chi connectivity index (χ4n) is 1.35. The van der Waals surface area contributed by atoms with Gasteiger partial charge in [-0.1, -0.05) is 0 Å². The van der Waals surface area contributed by atoms with Crippen LogP contribution in [0.4, 0.5) is 0 Å². The molecule has 0 bridgehead atoms. The number of hydrogen-bond donors (Lipinski definition) is 0. The van der Waals surface area contributed by atoms with Crippen molar-refractivity contribution in [3.8, 4) is 11.9 Å². The number of methoxy groups -OCH3 is 1. The molecule has 0 aliphatic rings. The maximum atomic E-state index is 8.99. The largest absolute Gasteiger partial charge is 0.477 e. The number of rotatable bonds is 8. The lowest BCUT2D eigenvalue weighted by Gasteiger charge is -2.08. The van der Waals surface area contributed by atoms with Crippen molar-refractivity contribution >= 4 is 0 Å². The number of aryl methyl sites for hydroxylation is 1. The average Bonchev–Trinajstić information content (AvgIpc) is 2.38. The van der Waals surface area contributed by atoms with Gasteiger partial charge in [0.25, 0.3) is 0 Å². The van der Waals surface area contributed by atoms with Gasteiger partial charge in [0.15, 0.2) is 0 Å². The smallest absolute Gasteiger partial charge is 0.231 e. The van der Waals surface area contributed by atoms with Crippen molar-refractivity contribution in [1.82, 2.24) is 4.98 Å². The van der Waals surface area contributed by atoms with E-state index >= 15 is 0 Å². The summed E-state index contributed by atoms with van der Waals surface area (Å²) in [5.41, 5.74) is 1.37. The number of nitrogens with zero attached hydrogens (tertiary/aromatic N) is 2. The molecule has 98 valence electrons. The van der Waals surface area contributed by atoms with Crippen LogP contribution in [0.15, 0.2) is 12.3 Å². The first-order valence-corrected chi connectivity index (χ1v) is 5.84. The zero-order chi connectivity index (χ0) is 13.2. The van der Waals surface area contributed by atoms with E-state index < -0.39 is 0 Å². The molecule has 0 amide bonds. The normalized spacial score (nSPS) is 10.1. The maximum absolute atomic E-state index is 8.99. The third-order valence-electron chi connectivity index (χ3n) is 2.34. The van der Waals surface area contributed by atoms with Gasteiger partial charge in [0.05, 0.1) is 19.8 Å². The quantitative estimate of drug-likeness (QED) is 0.657. The van der Waals surface area contributed by atoms with E-state index in [9.17, 15) is 0 Å². The molecule has 18 heavy (non-hydrogen) atoms. The molecule has 0 radical (unpaired) electrons. The minimum absolute atomic E-state index is 0.398. The lowest BCUT2D eigenvalue weighted by molar-refractivity contribution is 0.0642. The molecule has 0 aliphatic carbocycles. The fraction of sp³-hybridized carbons (Fsp3) is 0.538. The van der Waals surface area contributed by atoms with Gasteiger partial charge in [0.2, 0.25) is 5.88 Å². The summed E-state index contributed by atoms with van der Waals surface area (Å²) in [6.45, 7) is 4.14. The first-order chi connectivity index (χ1) is 8.79. The molecule has 0 spiro atoms. The van der Waals surface area contributed by atoms with E-state index in [1.54, 1.807) is 19.4 Å². The topological polar surface area (TPSA) is 64.4 Å². The molecular weight excluding hydrogens is 232 g/mol. The highest BCUT2D eigenvalue weighted by molar-refractivity contribution is 5.43. The van der Waals surface area contributed by atoms with Gasteiger partial charge in [-0.15, -0.1) is 0 Å². The van der Waals surface area contributed by atoms with Crippen molar-refractivity contribution in [2.75, 3.05) is 33.5 Å². The maximum Gasteiger partial charge on any atom is 0.231 e. The first kappa shape index (κ1) is 14.4. The van der Waals surface area contributed by atoms with Gasteiger partial charge in [-0.25, -0.2) is 4.98 Å². The van der Waals surface area contributed by atoms with Gasteiger partial charge in [0.1, 0.15) is 11.6 Å². The lowest BCUT2D eigenvalue weighted by Crippen LogP contribution is -2.08. The Kier molecular flexibility index (Phi) is 6.77. The van der Waals surface area contributed by atoms with Crippen molar-refractivity contribution in [2.24, 2.45) is 0 Å². The highest BCUT2D eigenvalue weighted by Crippen LogP contribution is 2.17. The highest BCUT2D eigenvalue weighted by Gasteiger charge is 2.07. The summed E-state index contributed by atoms with van der Waals surface area (Å²) < 4.78 is 15.6. The van der Waals surface area contributed by atoms with Crippen LogP contribution in [0.25, 0.3) is 0 Å². The van der Waals surface area contributed by atoms with Crippen molar-refractivity contribution in [1.29, 1.82) is 5.26 Å². The molecule has 1 rings (SSSR count). The second-order valence-electron chi connectivity index (χ2n) is 3.73. The van der Waals surface area contributed by atoms with Gasteiger partial charge in [-0.05, 0) is 18.6 Å². The number of ether oxygens (including phenoxy) is 3. The number of pyridine rings is 1. The summed E-state index contributed by atoms with van der Waals surface area (Å²) in [5.74, 6) is 0.398. The van der Waals surface area contributed by atoms with Crippen molar-refractivity contribution in [2.45, 2.75) is 13.3 Å². The molecule has 1 heterocycles. The number of aromatic nitrogens is 1. The zero-order valence-electron chi connectivity index (χ0n) is 10.8. The van der Waals surface area contributed by atoms with Gasteiger partial charge in [0, 0.05) is 26.3 Å². The molecule has 0 atom stereocenters. The van der Waals surface area contributed by atoms with Crippen molar-refractivity contribution < 1.29 is 14.2 Å². The number of hydrogen-bond acceptors (Lipinski definition) is 5. The molecule has 5 nitrogen and oxygen atoms in total. The van der Waals surface area contributed by atoms with E-state index in [1.807, 2.05) is 6.92 Å². The van der Waals surface area contributed by atoms with Gasteiger partial charge in [-0.3, -0.25) is 0 Å². The van der Waals surface area contributed by atoms with E-state index in [-0.39, 0.29) is 0 Å². The molecule has 0 saturated heterocycles. The molecular formula is C13H18N2O3. The van der Waals surface area contributed by atoms with Gasteiger partial charge < -0.3 is 14.2 Å². The van der Waals surface area contributed by atoms with Crippen LogP contribution in [0.5, 0.6) is 5.88 Å². The van der Waals surface area contributed by atoms with Crippen molar-refractivity contribution in [3.63, 3.8) is 0 Å². The Labute approximate surface area is 107 Å². The summed E-state index contributed by atoms with van der Waals surface area (Å²) in [5, 5.41) is 8.99. The van der Waals surface area contributed by atoms with Gasteiger partial charge in [-0.2, -0.15) is 5.26 Å². The molecule has 1 aromatic heterocycles. The van der Waals surface area contributed by atoms with Crippen LogP contribution in [0.3, 0.4) is 0 Å². The van der Waals surface area contributed by atoms with E-state index in [0.717, 1.165) is 12.0 Å². The summed E-state index contributed by atoms with van der Waals surface area (Å²) in [6.07, 6.45) is 2.39. The second kappa shape index (κ2) is 8.45. The van der Waals surface area contributed by atoms with E-state index in [0.29, 0.717) is 37.9 Å². The number of nitriles is 1. The molecule has 0 aromatic carbocycles. The molecule has 1 aromatic rings. The van der Waals surface area contributed by atoms with Crippen LogP contribution >= 0.6 is 0 Å². The lowest BCUT2D eigenvalue weighted by atomic mass is 10.2. The Balaban J connectivity index is 2.28. The highest BCUT2D eigenvalue weighted by atomic mass is 16.5. The van der Waals surface area contributed by atoms with Gasteiger partial charge >= 0.3 is 0 Å². The first-order valence-electron chi connectivity index (χ1n) is 5.84. The molecule has 0 fully saturated rings. The predicted molar refractivity (Wildman–Crippen MR) is 66.5 cm³/mol. The van der Waals surface area contributed by atoms with Crippen molar-refractivity contribution in [3.05, 3.63) is 23.4 Å². The Morgan fingerprint density at radius 1 is 1.28 bits per heavy atom. The van der Waals surface area contributed by atoms with E-state index in [1.165, 1.54) is 0 Å². The summed E-state index contributed by atoms with van der Waals surface area (Å²) in [7, 11) is 1.64. The molecule has 0 saturated carbocycles. The summed E-state index contributed by atoms with van der Waals surface area (Å²) in [6, 6.07) is 3.89. The zero-order valence-corrected chi connectivity index (χ0v) is 10.8. The Hall–Kier alpha value is -1.64. The summed E-state index contributed by atoms with van der Waals surface area (Å²) in [4.78, 5) is 4.05. The van der Waals surface area contributed by atoms with Crippen LogP contribution in [-0.4, -0.2) is 38.5 Å². The van der Waals surface area contributed by atoms with Crippen LogP contribution in [0, 0.1) is 18.3 Å². The van der Waals surface area contributed by atoms with Crippen LogP contribution in [0.2, 0.25) is 0 Å². The SMILES string of the molecule is COCCOCCCOc1nccc(C)c1C#N. The summed E-state index contributed by atoms with van der Waals surface area (Å²) >= 11 is 0. The average molecular weight is 250 g/mol. The monoisotopic (exact) mass is 250 g/mol. The third kappa shape index (κ3) is 4.70. The standard InChI is InChI=1S/C13H18N2O3/c1-11-4-5-15-13(12(11)10-14)18-7-3-6-17-9-8-16-2/h4-5H,3,6-9H2,1-2H3. The second-order valence-corrected chi connectivity index (χ2v) is 3.73. The Morgan fingerprint density at radius 2 is 2.11 bits per heavy atom. The van der Waals surface area contributed by atoms with Crippen LogP contribution in [-0.2, 0) is 9.47 Å². The predicted octanol–water partition coefficient (Wildman–Crippen LogP) is 1.69. The molecule has 0 unspecified atom stereocenters. The van der Waals surface area contributed by atoms with Crippen LogP contribution in [0.1, 0.15) is 17.5 Å². The Morgan fingerprint density at radius 3 is 2.83 bits per heavy atom. The third-order valence-corrected chi connectivity index (χ3v) is 2.34. The fourth-order valence-corrected chi connectivity index (χ4v) is 1.35. The molecule has 0 aliphatic heterocycles. The Bertz CT molecular complexity index is 402. The van der Waals surface area contributed by atoms with Crippen LogP contribution < -0.4 is 4.74 Å². The minimum atomic E-state index is 0.398. The molecule has 0 N–H and O–H groups in total. The van der Waals surface area contributed by atoms with E-state index in [4.69, 9.17) is 19.5 Å².